The van der Waals surface area contributed by atoms with E-state index in [2.05, 4.69) is 24.4 Å². The van der Waals surface area contributed by atoms with E-state index in [1.54, 1.807) is 13.2 Å². The van der Waals surface area contributed by atoms with Crippen LogP contribution in [0.2, 0.25) is 0 Å². The van der Waals surface area contributed by atoms with Crippen LogP contribution in [0.5, 0.6) is 11.5 Å². The maximum Gasteiger partial charge on any atom is 0.128 e. The van der Waals surface area contributed by atoms with Gasteiger partial charge in [-0.25, -0.2) is 0 Å². The molecule has 0 saturated heterocycles. The number of phenols is 1. The molecular weight excluding hydrogens is 204 g/mol. The van der Waals surface area contributed by atoms with E-state index in [4.69, 9.17) is 4.74 Å². The minimum absolute atomic E-state index is 0.0400. The van der Waals surface area contributed by atoms with Crippen molar-refractivity contribution in [1.29, 1.82) is 0 Å². The summed E-state index contributed by atoms with van der Waals surface area (Å²) in [7, 11) is 1.58. The molecule has 86 valence electrons. The third kappa shape index (κ3) is 1.96. The summed E-state index contributed by atoms with van der Waals surface area (Å²) in [5, 5.41) is 14.1. The van der Waals surface area contributed by atoms with Crippen molar-refractivity contribution in [2.75, 3.05) is 7.11 Å². The van der Waals surface area contributed by atoms with Crippen molar-refractivity contribution < 1.29 is 9.84 Å². The molecule has 0 atom stereocenters. The van der Waals surface area contributed by atoms with Crippen LogP contribution in [0.4, 0.5) is 0 Å². The van der Waals surface area contributed by atoms with E-state index < -0.39 is 0 Å². The van der Waals surface area contributed by atoms with Gasteiger partial charge < -0.3 is 15.3 Å². The Bertz CT molecular complexity index is 439. The van der Waals surface area contributed by atoms with Gasteiger partial charge in [0.15, 0.2) is 0 Å². The van der Waals surface area contributed by atoms with Crippen molar-refractivity contribution in [1.82, 2.24) is 5.43 Å². The van der Waals surface area contributed by atoms with Gasteiger partial charge in [-0.15, -0.1) is 0 Å². The first kappa shape index (κ1) is 10.8. The Morgan fingerprint density at radius 1 is 1.44 bits per heavy atom. The number of phenolic OH excluding ortho intramolecular Hbond substituents is 1. The fourth-order valence-corrected chi connectivity index (χ4v) is 1.75. The van der Waals surface area contributed by atoms with Crippen LogP contribution in [0, 0.1) is 0 Å². The third-order valence-electron chi connectivity index (χ3n) is 2.62. The second-order valence-corrected chi connectivity index (χ2v) is 4.61. The molecule has 0 unspecified atom stereocenters. The topological polar surface area (TPSA) is 53.8 Å². The zero-order valence-corrected chi connectivity index (χ0v) is 9.74. The molecule has 1 aromatic rings. The molecule has 0 spiro atoms. The number of hydrogen-bond donors (Lipinski definition) is 2. The molecular formula is C12H16N2O2. The summed E-state index contributed by atoms with van der Waals surface area (Å²) in [6.45, 7) is 4.15. The van der Waals surface area contributed by atoms with E-state index in [0.717, 1.165) is 17.7 Å². The van der Waals surface area contributed by atoms with Crippen molar-refractivity contribution in [2.45, 2.75) is 25.8 Å². The Hall–Kier alpha value is -1.71. The maximum atomic E-state index is 9.86. The van der Waals surface area contributed by atoms with Gasteiger partial charge in [-0.2, -0.15) is 5.10 Å². The summed E-state index contributed by atoms with van der Waals surface area (Å²) in [6.07, 6.45) is 0.799. The van der Waals surface area contributed by atoms with Gasteiger partial charge >= 0.3 is 0 Å². The van der Waals surface area contributed by atoms with Crippen molar-refractivity contribution in [2.24, 2.45) is 5.10 Å². The second kappa shape index (κ2) is 3.70. The Morgan fingerprint density at radius 3 is 2.69 bits per heavy atom. The predicted octanol–water partition coefficient (Wildman–Crippen LogP) is 1.88. The van der Waals surface area contributed by atoms with Crippen molar-refractivity contribution in [3.63, 3.8) is 0 Å². The van der Waals surface area contributed by atoms with Crippen molar-refractivity contribution in [3.05, 3.63) is 23.8 Å². The fraction of sp³-hybridized carbons (Fsp3) is 0.417. The highest BCUT2D eigenvalue weighted by Crippen LogP contribution is 2.28. The van der Waals surface area contributed by atoms with Gasteiger partial charge in [0.2, 0.25) is 0 Å². The summed E-state index contributed by atoms with van der Waals surface area (Å²) in [5.41, 5.74) is 4.65. The first-order valence-corrected chi connectivity index (χ1v) is 5.23. The summed E-state index contributed by atoms with van der Waals surface area (Å²) in [5.74, 6) is 0.852. The molecule has 4 nitrogen and oxygen atoms in total. The molecule has 0 fully saturated rings. The first-order valence-electron chi connectivity index (χ1n) is 5.23. The average molecular weight is 220 g/mol. The monoisotopic (exact) mass is 220 g/mol. The molecule has 0 aliphatic carbocycles. The van der Waals surface area contributed by atoms with Gasteiger partial charge in [0, 0.05) is 18.1 Å². The normalized spacial score (nSPS) is 17.8. The molecule has 0 amide bonds. The van der Waals surface area contributed by atoms with Crippen LogP contribution >= 0.6 is 0 Å². The van der Waals surface area contributed by atoms with Gasteiger partial charge in [-0.1, -0.05) is 0 Å². The number of methoxy groups -OCH3 is 1. The maximum absolute atomic E-state index is 9.86. The quantitative estimate of drug-likeness (QED) is 0.800. The molecule has 1 aliphatic rings. The van der Waals surface area contributed by atoms with Crippen LogP contribution in [0.25, 0.3) is 0 Å². The van der Waals surface area contributed by atoms with E-state index in [-0.39, 0.29) is 11.3 Å². The van der Waals surface area contributed by atoms with E-state index in [1.165, 1.54) is 0 Å². The van der Waals surface area contributed by atoms with Crippen LogP contribution in [0.15, 0.2) is 23.3 Å². The highest BCUT2D eigenvalue weighted by atomic mass is 16.5. The number of hydrogen-bond acceptors (Lipinski definition) is 4. The lowest BCUT2D eigenvalue weighted by Gasteiger charge is -2.16. The van der Waals surface area contributed by atoms with E-state index >= 15 is 0 Å². The van der Waals surface area contributed by atoms with E-state index in [0.29, 0.717) is 5.75 Å². The van der Waals surface area contributed by atoms with Crippen LogP contribution < -0.4 is 10.2 Å². The summed E-state index contributed by atoms with van der Waals surface area (Å²) < 4.78 is 5.04. The van der Waals surface area contributed by atoms with Gasteiger partial charge in [-0.05, 0) is 26.0 Å². The molecule has 16 heavy (non-hydrogen) atoms. The second-order valence-electron chi connectivity index (χ2n) is 4.61. The molecule has 4 heteroatoms. The lowest BCUT2D eigenvalue weighted by Crippen LogP contribution is -2.30. The minimum Gasteiger partial charge on any atom is -0.507 e. The van der Waals surface area contributed by atoms with E-state index in [9.17, 15) is 5.11 Å². The number of benzene rings is 1. The van der Waals surface area contributed by atoms with Gasteiger partial charge in [0.1, 0.15) is 11.5 Å². The van der Waals surface area contributed by atoms with E-state index in [1.807, 2.05) is 12.1 Å². The predicted molar refractivity (Wildman–Crippen MR) is 63.0 cm³/mol. The lowest BCUT2D eigenvalue weighted by molar-refractivity contribution is 0.407. The number of hydrazone groups is 1. The molecule has 0 saturated carbocycles. The molecule has 2 rings (SSSR count). The summed E-state index contributed by atoms with van der Waals surface area (Å²) in [6, 6.07) is 5.25. The molecule has 0 aromatic heterocycles. The molecule has 1 heterocycles. The summed E-state index contributed by atoms with van der Waals surface area (Å²) in [4.78, 5) is 0. The zero-order chi connectivity index (χ0) is 11.8. The van der Waals surface area contributed by atoms with Crippen molar-refractivity contribution in [3.8, 4) is 11.5 Å². The Balaban J connectivity index is 2.29. The Kier molecular flexibility index (Phi) is 2.50. The molecule has 0 bridgehead atoms. The Morgan fingerprint density at radius 2 is 2.19 bits per heavy atom. The zero-order valence-electron chi connectivity index (χ0n) is 9.74. The van der Waals surface area contributed by atoms with Crippen molar-refractivity contribution >= 4 is 5.71 Å². The number of nitrogens with zero attached hydrogens (tertiary/aromatic N) is 1. The standard InChI is InChI=1S/C12H16N2O2/c1-12(2)7-10(13-14-12)9-5-4-8(16-3)6-11(9)15/h4-6,14-15H,7H2,1-3H3. The smallest absolute Gasteiger partial charge is 0.128 e. The molecule has 1 aliphatic heterocycles. The molecule has 2 N–H and O–H groups in total. The highest BCUT2D eigenvalue weighted by molar-refractivity contribution is 6.04. The highest BCUT2D eigenvalue weighted by Gasteiger charge is 2.27. The SMILES string of the molecule is COc1ccc(C2=NNC(C)(C)C2)c(O)c1. The lowest BCUT2D eigenvalue weighted by atomic mass is 9.95. The van der Waals surface area contributed by atoms with Gasteiger partial charge in [0.05, 0.1) is 18.4 Å². The van der Waals surface area contributed by atoms with Gasteiger partial charge in [-0.3, -0.25) is 0 Å². The minimum atomic E-state index is -0.0400. The average Bonchev–Trinajstić information content (AvgIpc) is 2.58. The number of nitrogens with one attached hydrogen (secondary N) is 1. The summed E-state index contributed by atoms with van der Waals surface area (Å²) >= 11 is 0. The fourth-order valence-electron chi connectivity index (χ4n) is 1.75. The molecule has 1 aromatic carbocycles. The number of aromatic hydroxyl groups is 1. The Labute approximate surface area is 94.9 Å². The largest absolute Gasteiger partial charge is 0.507 e. The number of ether oxygens (including phenoxy) is 1. The molecule has 0 radical (unpaired) electrons. The van der Waals surface area contributed by atoms with Gasteiger partial charge in [0.25, 0.3) is 0 Å². The first-order chi connectivity index (χ1) is 7.52. The van der Waals surface area contributed by atoms with Crippen LogP contribution in [0.3, 0.4) is 0 Å². The van der Waals surface area contributed by atoms with Crippen LogP contribution in [-0.4, -0.2) is 23.5 Å². The van der Waals surface area contributed by atoms with Crippen LogP contribution in [-0.2, 0) is 0 Å². The number of rotatable bonds is 2. The third-order valence-corrected chi connectivity index (χ3v) is 2.62. The van der Waals surface area contributed by atoms with Crippen LogP contribution in [0.1, 0.15) is 25.8 Å².